The third kappa shape index (κ3) is 5.22. The maximum atomic E-state index is 11.0. The molecule has 0 saturated carbocycles. The SMILES string of the molecule is O=S(O)Cc1ccc(-c2ccc(-c3cc4cc(CC5CCOCC5)[nH]c4cc3Cl)cc2)cc1. The summed E-state index contributed by atoms with van der Waals surface area (Å²) < 4.78 is 25.5. The highest BCUT2D eigenvalue weighted by molar-refractivity contribution is 7.78. The second-order valence-electron chi connectivity index (χ2n) is 8.71. The Hall–Kier alpha value is -2.44. The number of aromatic amines is 1. The summed E-state index contributed by atoms with van der Waals surface area (Å²) in [6.45, 7) is 1.73. The molecule has 0 aliphatic carbocycles. The molecule has 1 unspecified atom stereocenters. The van der Waals surface area contributed by atoms with E-state index in [1.165, 1.54) is 11.1 Å². The largest absolute Gasteiger partial charge is 0.381 e. The molecule has 1 fully saturated rings. The molecule has 0 spiro atoms. The number of hydrogen-bond donors (Lipinski definition) is 2. The molecule has 1 saturated heterocycles. The van der Waals surface area contributed by atoms with Gasteiger partial charge in [-0.05, 0) is 65.6 Å². The summed E-state index contributed by atoms with van der Waals surface area (Å²) in [5.74, 6) is 0.824. The van der Waals surface area contributed by atoms with Gasteiger partial charge in [0.2, 0.25) is 0 Å². The van der Waals surface area contributed by atoms with Crippen LogP contribution in [-0.2, 0) is 28.0 Å². The fraction of sp³-hybridized carbons (Fsp3) is 0.259. The van der Waals surface area contributed by atoms with Crippen molar-refractivity contribution in [2.45, 2.75) is 25.0 Å². The fourth-order valence-electron chi connectivity index (χ4n) is 4.59. The molecule has 5 rings (SSSR count). The van der Waals surface area contributed by atoms with Crippen LogP contribution in [0, 0.1) is 5.92 Å². The molecule has 0 amide bonds. The van der Waals surface area contributed by atoms with Gasteiger partial charge in [-0.25, -0.2) is 4.21 Å². The molecule has 4 nitrogen and oxygen atoms in total. The van der Waals surface area contributed by atoms with Crippen LogP contribution in [-0.4, -0.2) is 27.0 Å². The van der Waals surface area contributed by atoms with Crippen LogP contribution in [0.2, 0.25) is 5.02 Å². The Morgan fingerprint density at radius 2 is 1.58 bits per heavy atom. The molecule has 2 N–H and O–H groups in total. The van der Waals surface area contributed by atoms with E-state index in [4.69, 9.17) is 20.9 Å². The highest BCUT2D eigenvalue weighted by Crippen LogP contribution is 2.34. The quantitative estimate of drug-likeness (QED) is 0.297. The number of fused-ring (bicyclic) bond motifs is 1. The van der Waals surface area contributed by atoms with Gasteiger partial charge in [0.1, 0.15) is 0 Å². The predicted octanol–water partition coefficient (Wildman–Crippen LogP) is 6.85. The molecule has 2 heterocycles. The summed E-state index contributed by atoms with van der Waals surface area (Å²) in [6.07, 6.45) is 3.29. The molecular weight excluding hydrogens is 454 g/mol. The normalized spacial score (nSPS) is 15.7. The van der Waals surface area contributed by atoms with Crippen molar-refractivity contribution in [2.24, 2.45) is 5.92 Å². The molecule has 1 aliphatic heterocycles. The van der Waals surface area contributed by atoms with Crippen LogP contribution < -0.4 is 0 Å². The van der Waals surface area contributed by atoms with Gasteiger partial charge < -0.3 is 14.3 Å². The first-order valence-electron chi connectivity index (χ1n) is 11.2. The van der Waals surface area contributed by atoms with Gasteiger partial charge in [0.05, 0.1) is 10.8 Å². The first-order chi connectivity index (χ1) is 16.0. The second kappa shape index (κ2) is 9.82. The van der Waals surface area contributed by atoms with Crippen molar-refractivity contribution < 1.29 is 13.5 Å². The molecular formula is C27H26ClNO3S. The Labute approximate surface area is 201 Å². The molecule has 1 aliphatic rings. The molecule has 1 atom stereocenters. The van der Waals surface area contributed by atoms with Crippen molar-refractivity contribution >= 4 is 33.6 Å². The van der Waals surface area contributed by atoms with Crippen LogP contribution >= 0.6 is 11.6 Å². The van der Waals surface area contributed by atoms with Crippen LogP contribution in [0.15, 0.2) is 66.7 Å². The van der Waals surface area contributed by atoms with E-state index < -0.39 is 11.1 Å². The summed E-state index contributed by atoms with van der Waals surface area (Å²) in [7, 11) is 0. The molecule has 0 bridgehead atoms. The molecule has 1 aromatic heterocycles. The van der Waals surface area contributed by atoms with Crippen molar-refractivity contribution in [3.05, 3.63) is 83.0 Å². The van der Waals surface area contributed by atoms with Crippen LogP contribution in [0.25, 0.3) is 33.2 Å². The lowest BCUT2D eigenvalue weighted by Gasteiger charge is -2.21. The Bertz CT molecular complexity index is 1280. The molecule has 33 heavy (non-hydrogen) atoms. The smallest absolute Gasteiger partial charge is 0.157 e. The van der Waals surface area contributed by atoms with E-state index in [0.717, 1.165) is 70.8 Å². The Kier molecular flexibility index (Phi) is 6.65. The van der Waals surface area contributed by atoms with E-state index in [9.17, 15) is 4.21 Å². The predicted molar refractivity (Wildman–Crippen MR) is 136 cm³/mol. The number of hydrogen-bond acceptors (Lipinski definition) is 2. The fourth-order valence-corrected chi connectivity index (χ4v) is 5.34. The van der Waals surface area contributed by atoms with Crippen molar-refractivity contribution in [3.63, 3.8) is 0 Å². The standard InChI is InChI=1S/C27H26ClNO3S/c28-26-16-27-23(14-24(29-27)13-18-9-11-32-12-10-18)15-25(26)22-7-5-21(6-8-22)20-3-1-19(2-4-20)17-33(30)31/h1-8,14-16,18,29H,9-13,17H2,(H,30,31). The lowest BCUT2D eigenvalue weighted by Crippen LogP contribution is -2.17. The summed E-state index contributed by atoms with van der Waals surface area (Å²) in [6, 6.07) is 22.6. The second-order valence-corrected chi connectivity index (χ2v) is 10.1. The molecule has 0 radical (unpaired) electrons. The molecule has 4 aromatic rings. The Morgan fingerprint density at radius 1 is 0.939 bits per heavy atom. The van der Waals surface area contributed by atoms with E-state index in [1.54, 1.807) is 0 Å². The number of nitrogens with one attached hydrogen (secondary N) is 1. The van der Waals surface area contributed by atoms with E-state index in [2.05, 4.69) is 41.4 Å². The maximum absolute atomic E-state index is 11.0. The van der Waals surface area contributed by atoms with E-state index in [1.807, 2.05) is 30.3 Å². The third-order valence-electron chi connectivity index (χ3n) is 6.39. The van der Waals surface area contributed by atoms with Gasteiger partial charge in [-0.3, -0.25) is 0 Å². The number of H-pyrrole nitrogens is 1. The topological polar surface area (TPSA) is 62.3 Å². The average Bonchev–Trinajstić information content (AvgIpc) is 3.20. The summed E-state index contributed by atoms with van der Waals surface area (Å²) in [5.41, 5.74) is 7.43. The summed E-state index contributed by atoms with van der Waals surface area (Å²) in [4.78, 5) is 3.55. The minimum atomic E-state index is -1.83. The lowest BCUT2D eigenvalue weighted by atomic mass is 9.95. The molecule has 6 heteroatoms. The van der Waals surface area contributed by atoms with Gasteiger partial charge in [-0.15, -0.1) is 0 Å². The number of aromatic nitrogens is 1. The van der Waals surface area contributed by atoms with Crippen molar-refractivity contribution in [1.82, 2.24) is 4.98 Å². The van der Waals surface area contributed by atoms with Gasteiger partial charge in [0, 0.05) is 35.4 Å². The van der Waals surface area contributed by atoms with E-state index in [-0.39, 0.29) is 5.75 Å². The zero-order valence-electron chi connectivity index (χ0n) is 18.2. The highest BCUT2D eigenvalue weighted by Gasteiger charge is 2.16. The van der Waals surface area contributed by atoms with Gasteiger partial charge in [-0.2, -0.15) is 0 Å². The first kappa shape index (κ1) is 22.4. The van der Waals surface area contributed by atoms with Crippen LogP contribution in [0.1, 0.15) is 24.1 Å². The molecule has 170 valence electrons. The van der Waals surface area contributed by atoms with Gasteiger partial charge in [0.25, 0.3) is 0 Å². The number of halogens is 1. The Balaban J connectivity index is 1.36. The van der Waals surface area contributed by atoms with Gasteiger partial charge in [0.15, 0.2) is 11.1 Å². The van der Waals surface area contributed by atoms with E-state index >= 15 is 0 Å². The van der Waals surface area contributed by atoms with E-state index in [0.29, 0.717) is 5.92 Å². The van der Waals surface area contributed by atoms with Crippen molar-refractivity contribution in [2.75, 3.05) is 13.2 Å². The monoisotopic (exact) mass is 479 g/mol. The van der Waals surface area contributed by atoms with Crippen molar-refractivity contribution in [1.29, 1.82) is 0 Å². The summed E-state index contributed by atoms with van der Waals surface area (Å²) >= 11 is 4.85. The Morgan fingerprint density at radius 3 is 2.24 bits per heavy atom. The van der Waals surface area contributed by atoms with Crippen LogP contribution in [0.5, 0.6) is 0 Å². The van der Waals surface area contributed by atoms with Crippen molar-refractivity contribution in [3.8, 4) is 22.3 Å². The first-order valence-corrected chi connectivity index (χ1v) is 12.9. The minimum absolute atomic E-state index is 0.149. The van der Waals surface area contributed by atoms with Crippen LogP contribution in [0.3, 0.4) is 0 Å². The van der Waals surface area contributed by atoms with Gasteiger partial charge in [-0.1, -0.05) is 60.1 Å². The third-order valence-corrected chi connectivity index (χ3v) is 7.28. The van der Waals surface area contributed by atoms with Crippen LogP contribution in [0.4, 0.5) is 0 Å². The zero-order valence-corrected chi connectivity index (χ0v) is 19.8. The number of ether oxygens (including phenoxy) is 1. The highest BCUT2D eigenvalue weighted by atomic mass is 35.5. The van der Waals surface area contributed by atoms with Gasteiger partial charge >= 0.3 is 0 Å². The lowest BCUT2D eigenvalue weighted by molar-refractivity contribution is 0.0663. The maximum Gasteiger partial charge on any atom is 0.157 e. The zero-order chi connectivity index (χ0) is 22.8. The molecule has 3 aromatic carbocycles. The minimum Gasteiger partial charge on any atom is -0.381 e. The number of benzene rings is 3. The number of rotatable bonds is 6. The summed E-state index contributed by atoms with van der Waals surface area (Å²) in [5, 5.41) is 1.91. The average molecular weight is 480 g/mol.